The molecule has 0 aromatic rings. The lowest BCUT2D eigenvalue weighted by molar-refractivity contribution is -0.161. The quantitative estimate of drug-likeness (QED) is 0.0197. The lowest BCUT2D eigenvalue weighted by atomic mass is 10.0. The Morgan fingerprint density at radius 2 is 0.650 bits per heavy atom. The minimum absolute atomic E-state index is 0.166. The Bertz CT molecular complexity index is 1570. The van der Waals surface area contributed by atoms with E-state index < -0.39 is 57.8 Å². The van der Waals surface area contributed by atoms with Crippen LogP contribution in [0, 0.1) is 0 Å². The van der Waals surface area contributed by atoms with Gasteiger partial charge in [0.25, 0.3) is 0 Å². The molecule has 0 aliphatic heterocycles. The Balaban J connectivity index is 4.68. The van der Waals surface area contributed by atoms with Gasteiger partial charge in [0, 0.05) is 19.3 Å². The summed E-state index contributed by atoms with van der Waals surface area (Å²) in [4.78, 5) is 48.8. The van der Waals surface area contributed by atoms with Crippen LogP contribution in [0.5, 0.6) is 0 Å². The van der Waals surface area contributed by atoms with E-state index in [0.717, 1.165) is 103 Å². The third-order valence-electron chi connectivity index (χ3n) is 14.4. The molecule has 0 aromatic heterocycles. The third kappa shape index (κ3) is 59.8. The van der Waals surface area contributed by atoms with Crippen LogP contribution in [-0.4, -0.2) is 66.5 Å². The predicted octanol–water partition coefficient (Wildman–Crippen LogP) is 20.3. The van der Waals surface area contributed by atoms with E-state index in [0.29, 0.717) is 19.3 Å². The average Bonchev–Trinajstić information content (AvgIpc) is 3.45. The summed E-state index contributed by atoms with van der Waals surface area (Å²) in [6.07, 6.45) is 70.2. The van der Waals surface area contributed by atoms with E-state index in [4.69, 9.17) is 23.3 Å². The van der Waals surface area contributed by atoms with Crippen molar-refractivity contribution in [2.75, 3.05) is 26.4 Å². The van der Waals surface area contributed by atoms with Crippen molar-refractivity contribution in [3.05, 3.63) is 60.8 Å². The number of esters is 3. The number of aliphatic hydroxyl groups excluding tert-OH is 1. The summed E-state index contributed by atoms with van der Waals surface area (Å²) in [6, 6.07) is 0. The summed E-state index contributed by atoms with van der Waals surface area (Å²) in [5.41, 5.74) is 0. The molecule has 0 aromatic carbocycles. The van der Waals surface area contributed by atoms with Gasteiger partial charge in [-0.1, -0.05) is 274 Å². The second-order valence-corrected chi connectivity index (χ2v) is 23.7. The van der Waals surface area contributed by atoms with Crippen LogP contribution < -0.4 is 0 Å². The highest BCUT2D eigenvalue weighted by molar-refractivity contribution is 7.47. The van der Waals surface area contributed by atoms with Gasteiger partial charge in [-0.15, -0.1) is 0 Å². The molecular weight excluding hydrogens is 1020 g/mol. The van der Waals surface area contributed by atoms with E-state index in [1.165, 1.54) is 154 Å². The molecule has 11 nitrogen and oxygen atoms in total. The van der Waals surface area contributed by atoms with Crippen molar-refractivity contribution < 1.29 is 52.2 Å². The number of aliphatic hydroxyl groups is 1. The molecule has 0 aliphatic carbocycles. The fraction of sp³-hybridized carbons (Fsp3) is 0.809. The van der Waals surface area contributed by atoms with Gasteiger partial charge in [0.2, 0.25) is 0 Å². The number of rotatable bonds is 62. The highest BCUT2D eigenvalue weighted by Crippen LogP contribution is 2.43. The fourth-order valence-corrected chi connectivity index (χ4v) is 10.2. The number of hydrogen-bond donors (Lipinski definition) is 2. The van der Waals surface area contributed by atoms with Gasteiger partial charge in [-0.05, 0) is 83.5 Å². The average molecular weight is 1150 g/mol. The van der Waals surface area contributed by atoms with Crippen LogP contribution in [0.25, 0.3) is 0 Å². The first-order valence-electron chi connectivity index (χ1n) is 33.2. The smallest absolute Gasteiger partial charge is 0.462 e. The summed E-state index contributed by atoms with van der Waals surface area (Å²) in [5, 5.41) is 9.86. The molecule has 0 rings (SSSR count). The van der Waals surface area contributed by atoms with Gasteiger partial charge >= 0.3 is 25.7 Å². The van der Waals surface area contributed by atoms with E-state index in [9.17, 15) is 28.9 Å². The molecule has 0 radical (unpaired) electrons. The summed E-state index contributed by atoms with van der Waals surface area (Å²) in [5.74, 6) is -1.46. The second-order valence-electron chi connectivity index (χ2n) is 22.3. The standard InChI is InChI=1S/C68H123O11P/c1-4-7-10-13-16-19-22-25-28-31-32-35-38-41-44-47-50-53-56-59-68(72)79-65(61-75-66(70)57-54-51-48-45-42-39-36-33-29-26-23-20-17-14-11-8-5-2)63-77-80(73,74)76-62-64(60-69)78-67(71)58-55-52-49-46-43-40-37-34-30-27-24-21-18-15-12-9-6-3/h9,12,17-18,20-21,26-27,29-30,64-65,69H,4-8,10-11,13-16,19,22-25,28,31-63H2,1-3H3,(H,73,74)/b12-9-,20-17-,21-18-,29-26-,30-27-. The third-order valence-corrected chi connectivity index (χ3v) is 15.4. The molecule has 466 valence electrons. The van der Waals surface area contributed by atoms with Crippen molar-refractivity contribution in [2.45, 2.75) is 328 Å². The van der Waals surface area contributed by atoms with Gasteiger partial charge in [-0.3, -0.25) is 23.4 Å². The van der Waals surface area contributed by atoms with Crippen LogP contribution in [0.4, 0.5) is 0 Å². The molecule has 0 saturated carbocycles. The van der Waals surface area contributed by atoms with Gasteiger partial charge in [-0.25, -0.2) is 4.57 Å². The minimum atomic E-state index is -4.76. The van der Waals surface area contributed by atoms with Crippen molar-refractivity contribution in [3.8, 4) is 0 Å². The first-order chi connectivity index (χ1) is 39.2. The van der Waals surface area contributed by atoms with Gasteiger partial charge in [0.15, 0.2) is 6.10 Å². The van der Waals surface area contributed by atoms with Crippen molar-refractivity contribution in [2.24, 2.45) is 0 Å². The maximum Gasteiger partial charge on any atom is 0.472 e. The maximum atomic E-state index is 13.0. The SMILES string of the molecule is CC/C=C\C/C=C\C/C=C\CCCCCCCCCC(=O)OC(CO)COP(=O)(O)OCC(COC(=O)CCCCCCCCC/C=C\C/C=C\CCCCC)OC(=O)CCCCCCCCCCCCCCCCCCCCC. The molecular formula is C68H123O11P. The monoisotopic (exact) mass is 1150 g/mol. The number of phosphoric acid groups is 1. The van der Waals surface area contributed by atoms with Crippen LogP contribution in [-0.2, 0) is 42.2 Å². The highest BCUT2D eigenvalue weighted by Gasteiger charge is 2.28. The molecule has 3 unspecified atom stereocenters. The summed E-state index contributed by atoms with van der Waals surface area (Å²) in [6.45, 7) is 4.56. The van der Waals surface area contributed by atoms with E-state index in [2.05, 4.69) is 81.5 Å². The minimum Gasteiger partial charge on any atom is -0.462 e. The van der Waals surface area contributed by atoms with Crippen molar-refractivity contribution in [1.29, 1.82) is 0 Å². The van der Waals surface area contributed by atoms with Crippen LogP contribution in [0.1, 0.15) is 316 Å². The van der Waals surface area contributed by atoms with Crippen LogP contribution in [0.2, 0.25) is 0 Å². The Labute approximate surface area is 491 Å². The van der Waals surface area contributed by atoms with Gasteiger partial charge in [-0.2, -0.15) is 0 Å². The molecule has 12 heteroatoms. The predicted molar refractivity (Wildman–Crippen MR) is 335 cm³/mol. The number of phosphoric ester groups is 1. The van der Waals surface area contributed by atoms with Crippen LogP contribution in [0.15, 0.2) is 60.8 Å². The molecule has 0 aliphatic rings. The molecule has 0 amide bonds. The number of unbranched alkanes of at least 4 members (excludes halogenated alkanes) is 35. The first-order valence-corrected chi connectivity index (χ1v) is 34.7. The Morgan fingerprint density at radius 3 is 1.02 bits per heavy atom. The molecule has 0 bridgehead atoms. The number of allylic oxidation sites excluding steroid dienone is 10. The number of carbonyl (C=O) groups is 3. The van der Waals surface area contributed by atoms with Crippen molar-refractivity contribution in [1.82, 2.24) is 0 Å². The maximum absolute atomic E-state index is 13.0. The van der Waals surface area contributed by atoms with E-state index in [1.807, 2.05) is 0 Å². The van der Waals surface area contributed by atoms with Gasteiger partial charge in [0.1, 0.15) is 12.7 Å². The Kier molecular flexibility index (Phi) is 60.0. The van der Waals surface area contributed by atoms with Crippen molar-refractivity contribution >= 4 is 25.7 Å². The largest absolute Gasteiger partial charge is 0.472 e. The number of ether oxygens (including phenoxy) is 3. The molecule has 3 atom stereocenters. The van der Waals surface area contributed by atoms with Gasteiger partial charge in [0.05, 0.1) is 19.8 Å². The Morgan fingerprint density at radius 1 is 0.362 bits per heavy atom. The Hall–Kier alpha value is -2.82. The zero-order valence-corrected chi connectivity index (χ0v) is 52.7. The summed E-state index contributed by atoms with van der Waals surface area (Å²) >= 11 is 0. The fourth-order valence-electron chi connectivity index (χ4n) is 9.40. The first kappa shape index (κ1) is 77.2. The van der Waals surface area contributed by atoms with Gasteiger partial charge < -0.3 is 24.2 Å². The van der Waals surface area contributed by atoms with Crippen LogP contribution in [0.3, 0.4) is 0 Å². The molecule has 0 heterocycles. The number of hydrogen-bond acceptors (Lipinski definition) is 10. The lowest BCUT2D eigenvalue weighted by Gasteiger charge is -2.21. The van der Waals surface area contributed by atoms with E-state index in [1.54, 1.807) is 0 Å². The van der Waals surface area contributed by atoms with Crippen molar-refractivity contribution in [3.63, 3.8) is 0 Å². The molecule has 2 N–H and O–H groups in total. The molecule has 0 saturated heterocycles. The number of carbonyl (C=O) groups excluding carboxylic acids is 3. The van der Waals surface area contributed by atoms with E-state index >= 15 is 0 Å². The lowest BCUT2D eigenvalue weighted by Crippen LogP contribution is -2.30. The topological polar surface area (TPSA) is 155 Å². The summed E-state index contributed by atoms with van der Waals surface area (Å²) < 4.78 is 39.7. The zero-order valence-electron chi connectivity index (χ0n) is 51.8. The normalized spacial score (nSPS) is 13.6. The van der Waals surface area contributed by atoms with E-state index in [-0.39, 0.29) is 25.9 Å². The second kappa shape index (κ2) is 62.2. The molecule has 0 spiro atoms. The van der Waals surface area contributed by atoms with Crippen LogP contribution >= 0.6 is 7.82 Å². The highest BCUT2D eigenvalue weighted by atomic mass is 31.2. The molecule has 0 fully saturated rings. The zero-order chi connectivity index (χ0) is 58.3. The molecule has 80 heavy (non-hydrogen) atoms. The summed E-state index contributed by atoms with van der Waals surface area (Å²) in [7, 11) is -4.76.